The van der Waals surface area contributed by atoms with Crippen molar-refractivity contribution in [2.75, 3.05) is 5.32 Å². The summed E-state index contributed by atoms with van der Waals surface area (Å²) in [4.78, 5) is 16.9. The Morgan fingerprint density at radius 3 is 3.05 bits per heavy atom. The van der Waals surface area contributed by atoms with E-state index in [1.165, 1.54) is 37.0 Å². The highest BCUT2D eigenvalue weighted by Crippen LogP contribution is 2.39. The van der Waals surface area contributed by atoms with E-state index in [0.717, 1.165) is 23.2 Å². The number of nitrogens with one attached hydrogen (secondary N) is 1. The summed E-state index contributed by atoms with van der Waals surface area (Å²) >= 11 is 1.66. The summed E-state index contributed by atoms with van der Waals surface area (Å²) in [6, 6.07) is 0.517. The molecule has 3 atom stereocenters. The molecule has 0 spiro atoms. The van der Waals surface area contributed by atoms with Gasteiger partial charge in [0.05, 0.1) is 5.69 Å². The highest BCUT2D eigenvalue weighted by atomic mass is 32.1. The lowest BCUT2D eigenvalue weighted by Gasteiger charge is -2.28. The van der Waals surface area contributed by atoms with Gasteiger partial charge in [-0.15, -0.1) is 11.3 Å². The number of aromatic nitrogens is 1. The fourth-order valence-corrected chi connectivity index (χ4v) is 4.61. The maximum absolute atomic E-state index is 11.2. The van der Waals surface area contributed by atoms with Crippen LogP contribution in [0.25, 0.3) is 0 Å². The molecule has 0 amide bonds. The monoisotopic (exact) mass is 294 g/mol. The molecule has 0 radical (unpaired) electrons. The van der Waals surface area contributed by atoms with E-state index < -0.39 is 5.97 Å². The number of carbonyl (C=O) groups is 1. The lowest BCUT2D eigenvalue weighted by atomic mass is 9.84. The largest absolute Gasteiger partial charge is 0.481 e. The predicted molar refractivity (Wildman–Crippen MR) is 80.5 cm³/mol. The van der Waals surface area contributed by atoms with Crippen molar-refractivity contribution in [1.82, 2.24) is 4.98 Å². The second kappa shape index (κ2) is 5.72. The molecule has 0 aliphatic heterocycles. The molecule has 0 bridgehead atoms. The van der Waals surface area contributed by atoms with Crippen LogP contribution < -0.4 is 5.32 Å². The van der Waals surface area contributed by atoms with Gasteiger partial charge in [-0.2, -0.15) is 0 Å². The quantitative estimate of drug-likeness (QED) is 0.890. The van der Waals surface area contributed by atoms with Crippen molar-refractivity contribution >= 4 is 22.4 Å². The molecule has 3 rings (SSSR count). The highest BCUT2D eigenvalue weighted by molar-refractivity contribution is 7.15. The summed E-state index contributed by atoms with van der Waals surface area (Å²) in [6.07, 6.45) is 7.92. The summed E-state index contributed by atoms with van der Waals surface area (Å²) in [7, 11) is 0. The van der Waals surface area contributed by atoms with Gasteiger partial charge in [0.1, 0.15) is 5.92 Å². The average Bonchev–Trinajstić information content (AvgIpc) is 2.98. The van der Waals surface area contributed by atoms with Crippen LogP contribution in [0, 0.1) is 5.92 Å². The Balaban J connectivity index is 1.67. The van der Waals surface area contributed by atoms with Crippen molar-refractivity contribution < 1.29 is 9.90 Å². The lowest BCUT2D eigenvalue weighted by Crippen LogP contribution is -2.27. The number of fused-ring (bicyclic) bond motifs is 1. The van der Waals surface area contributed by atoms with E-state index in [9.17, 15) is 9.90 Å². The zero-order chi connectivity index (χ0) is 14.1. The van der Waals surface area contributed by atoms with Gasteiger partial charge in [0.2, 0.25) is 0 Å². The molecule has 2 aliphatic carbocycles. The zero-order valence-electron chi connectivity index (χ0n) is 11.9. The summed E-state index contributed by atoms with van der Waals surface area (Å²) < 4.78 is 0. The van der Waals surface area contributed by atoms with E-state index in [1.54, 1.807) is 11.3 Å². The molecule has 0 aromatic carbocycles. The first-order valence-electron chi connectivity index (χ1n) is 7.66. The van der Waals surface area contributed by atoms with Crippen LogP contribution in [0.15, 0.2) is 0 Å². The minimum atomic E-state index is -0.732. The summed E-state index contributed by atoms with van der Waals surface area (Å²) in [5.74, 6) is -0.282. The molecule has 1 aromatic rings. The van der Waals surface area contributed by atoms with Gasteiger partial charge in [0.15, 0.2) is 5.13 Å². The van der Waals surface area contributed by atoms with Crippen molar-refractivity contribution in [2.24, 2.45) is 5.92 Å². The number of aryl methyl sites for hydroxylation is 1. The molecule has 1 aromatic heterocycles. The molecule has 20 heavy (non-hydrogen) atoms. The second-order valence-corrected chi connectivity index (χ2v) is 7.12. The molecular weight excluding hydrogens is 272 g/mol. The van der Waals surface area contributed by atoms with E-state index in [0.29, 0.717) is 12.5 Å². The van der Waals surface area contributed by atoms with E-state index in [2.05, 4.69) is 17.2 Å². The molecule has 3 unspecified atom stereocenters. The number of hydrogen-bond acceptors (Lipinski definition) is 4. The van der Waals surface area contributed by atoms with Gasteiger partial charge in [-0.05, 0) is 31.6 Å². The third-order valence-electron chi connectivity index (χ3n) is 4.70. The van der Waals surface area contributed by atoms with Crippen LogP contribution >= 0.6 is 11.3 Å². The molecule has 0 saturated heterocycles. The lowest BCUT2D eigenvalue weighted by molar-refractivity contribution is -0.138. The second-order valence-electron chi connectivity index (χ2n) is 6.04. The van der Waals surface area contributed by atoms with Gasteiger partial charge in [-0.3, -0.25) is 4.79 Å². The normalized spacial score (nSPS) is 29.1. The third kappa shape index (κ3) is 2.68. The molecule has 5 heteroatoms. The fraction of sp³-hybridized carbons (Fsp3) is 0.733. The Kier molecular flexibility index (Phi) is 3.96. The molecule has 2 aliphatic rings. The first-order valence-corrected chi connectivity index (χ1v) is 8.48. The zero-order valence-corrected chi connectivity index (χ0v) is 12.7. The maximum Gasteiger partial charge on any atom is 0.312 e. The van der Waals surface area contributed by atoms with Crippen LogP contribution in [-0.4, -0.2) is 22.1 Å². The Hall–Kier alpha value is -1.10. The smallest absolute Gasteiger partial charge is 0.312 e. The molecule has 4 nitrogen and oxygen atoms in total. The first kappa shape index (κ1) is 13.9. The van der Waals surface area contributed by atoms with E-state index in [4.69, 9.17) is 0 Å². The fourth-order valence-electron chi connectivity index (χ4n) is 3.50. The third-order valence-corrected chi connectivity index (χ3v) is 5.77. The highest BCUT2D eigenvalue weighted by Gasteiger charge is 2.33. The number of rotatable bonds is 4. The average molecular weight is 294 g/mol. The van der Waals surface area contributed by atoms with Crippen molar-refractivity contribution in [3.63, 3.8) is 0 Å². The van der Waals surface area contributed by atoms with Crippen molar-refractivity contribution in [3.05, 3.63) is 10.6 Å². The first-order chi connectivity index (χ1) is 9.67. The van der Waals surface area contributed by atoms with Gasteiger partial charge in [0, 0.05) is 10.9 Å². The number of nitrogens with zero attached hydrogens (tertiary/aromatic N) is 1. The Morgan fingerprint density at radius 1 is 1.45 bits per heavy atom. The molecular formula is C15H22N2O2S. The SMILES string of the molecule is CCC1CCCC(Nc2nc3c(s2)CCC3C(=O)O)C1. The number of carboxylic acid groups (broad SMARTS) is 1. The topological polar surface area (TPSA) is 62.2 Å². The van der Waals surface area contributed by atoms with Crippen molar-refractivity contribution in [3.8, 4) is 0 Å². The summed E-state index contributed by atoms with van der Waals surface area (Å²) in [5.41, 5.74) is 0.813. The van der Waals surface area contributed by atoms with Crippen LogP contribution in [-0.2, 0) is 11.2 Å². The van der Waals surface area contributed by atoms with Crippen molar-refractivity contribution in [1.29, 1.82) is 0 Å². The van der Waals surface area contributed by atoms with Gasteiger partial charge in [-0.1, -0.05) is 26.2 Å². The number of hydrogen-bond donors (Lipinski definition) is 2. The maximum atomic E-state index is 11.2. The summed E-state index contributed by atoms with van der Waals surface area (Å²) in [5, 5.41) is 13.7. The summed E-state index contributed by atoms with van der Waals surface area (Å²) in [6.45, 7) is 2.27. The van der Waals surface area contributed by atoms with Crippen LogP contribution in [0.4, 0.5) is 5.13 Å². The van der Waals surface area contributed by atoms with E-state index in [1.807, 2.05) is 0 Å². The number of anilines is 1. The van der Waals surface area contributed by atoms with Crippen LogP contribution in [0.5, 0.6) is 0 Å². The van der Waals surface area contributed by atoms with Gasteiger partial charge >= 0.3 is 5.97 Å². The van der Waals surface area contributed by atoms with Crippen LogP contribution in [0.3, 0.4) is 0 Å². The molecule has 1 heterocycles. The van der Waals surface area contributed by atoms with Crippen LogP contribution in [0.2, 0.25) is 0 Å². The van der Waals surface area contributed by atoms with Gasteiger partial charge in [0.25, 0.3) is 0 Å². The Labute approximate surface area is 123 Å². The van der Waals surface area contributed by atoms with E-state index >= 15 is 0 Å². The minimum Gasteiger partial charge on any atom is -0.481 e. The number of thiazole rings is 1. The number of aliphatic carboxylic acids is 1. The standard InChI is InChI=1S/C15H22N2O2S/c1-2-9-4-3-5-10(8-9)16-15-17-13-11(14(18)19)6-7-12(13)20-15/h9-11H,2-8H2,1H3,(H,16,17)(H,18,19). The molecule has 1 fully saturated rings. The van der Waals surface area contributed by atoms with Crippen molar-refractivity contribution in [2.45, 2.75) is 63.8 Å². The van der Waals surface area contributed by atoms with Gasteiger partial charge < -0.3 is 10.4 Å². The predicted octanol–water partition coefficient (Wildman–Crippen LogP) is 3.64. The Morgan fingerprint density at radius 2 is 2.30 bits per heavy atom. The van der Waals surface area contributed by atoms with Gasteiger partial charge in [-0.25, -0.2) is 4.98 Å². The minimum absolute atomic E-state index is 0.383. The van der Waals surface area contributed by atoms with E-state index in [-0.39, 0.29) is 5.92 Å². The van der Waals surface area contributed by atoms with Crippen LogP contribution in [0.1, 0.15) is 61.9 Å². The molecule has 1 saturated carbocycles. The molecule has 2 N–H and O–H groups in total. The molecule has 110 valence electrons. The Bertz CT molecular complexity index is 500. The number of carboxylic acids is 1.